The van der Waals surface area contributed by atoms with Gasteiger partial charge in [-0.1, -0.05) is 52.4 Å². The average Bonchev–Trinajstić information content (AvgIpc) is 3.13. The third-order valence-electron chi connectivity index (χ3n) is 9.65. The Bertz CT molecular complexity index is 1010. The maximum Gasteiger partial charge on any atom is 0.220 e. The third kappa shape index (κ3) is 11.9. The summed E-state index contributed by atoms with van der Waals surface area (Å²) in [6.07, 6.45) is -19.2. The van der Waals surface area contributed by atoms with Crippen molar-refractivity contribution in [3.8, 4) is 0 Å². The fraction of sp³-hybridized carbons (Fsp3) is 0.970. The van der Waals surface area contributed by atoms with Gasteiger partial charge >= 0.3 is 0 Å². The molecule has 0 aromatic heterocycles. The zero-order chi connectivity index (χ0) is 38.5. The Balaban J connectivity index is 1.63. The van der Waals surface area contributed by atoms with Gasteiger partial charge < -0.3 is 89.9 Å². The lowest BCUT2D eigenvalue weighted by Crippen LogP contribution is -2.66. The summed E-state index contributed by atoms with van der Waals surface area (Å²) < 4.78 is 33.5. The number of aliphatic hydroxyl groups excluding tert-OH is 11. The summed E-state index contributed by atoms with van der Waals surface area (Å²) >= 11 is 0. The van der Waals surface area contributed by atoms with Gasteiger partial charge in [0.05, 0.1) is 38.6 Å². The normalized spacial score (nSPS) is 39.6. The smallest absolute Gasteiger partial charge is 0.220 e. The summed E-state index contributed by atoms with van der Waals surface area (Å²) in [6.45, 7) is 1.24. The summed E-state index contributed by atoms with van der Waals surface area (Å²) in [4.78, 5) is 12.4. The van der Waals surface area contributed by atoms with E-state index < -0.39 is 124 Å². The number of amides is 1. The predicted molar refractivity (Wildman–Crippen MR) is 176 cm³/mol. The van der Waals surface area contributed by atoms with Crippen molar-refractivity contribution in [3.63, 3.8) is 0 Å². The molecule has 3 heterocycles. The molecule has 12 N–H and O–H groups in total. The van der Waals surface area contributed by atoms with Crippen LogP contribution < -0.4 is 5.32 Å². The van der Waals surface area contributed by atoms with E-state index in [0.717, 1.165) is 38.5 Å². The largest absolute Gasteiger partial charge is 0.394 e. The van der Waals surface area contributed by atoms with Gasteiger partial charge in [-0.05, 0) is 12.8 Å². The topological polar surface area (TPSA) is 307 Å². The van der Waals surface area contributed by atoms with Crippen molar-refractivity contribution < 1.29 is 89.4 Å². The van der Waals surface area contributed by atoms with Crippen LogP contribution in [0.4, 0.5) is 0 Å². The second kappa shape index (κ2) is 22.4. The molecule has 17 atom stereocenters. The van der Waals surface area contributed by atoms with E-state index in [9.17, 15) is 61.0 Å². The summed E-state index contributed by atoms with van der Waals surface area (Å²) in [5.74, 6) is -0.305. The van der Waals surface area contributed by atoms with Crippen molar-refractivity contribution in [1.82, 2.24) is 5.32 Å². The molecule has 0 spiro atoms. The Morgan fingerprint density at radius 1 is 0.615 bits per heavy atom. The van der Waals surface area contributed by atoms with Gasteiger partial charge in [-0.25, -0.2) is 0 Å². The minimum absolute atomic E-state index is 0.217. The lowest BCUT2D eigenvalue weighted by Gasteiger charge is -2.48. The van der Waals surface area contributed by atoms with Crippen LogP contribution in [0.3, 0.4) is 0 Å². The van der Waals surface area contributed by atoms with Gasteiger partial charge in [0, 0.05) is 6.42 Å². The first kappa shape index (κ1) is 45.2. The number of nitrogens with one attached hydrogen (secondary N) is 1. The number of hydrogen-bond acceptors (Lipinski definition) is 18. The fourth-order valence-corrected chi connectivity index (χ4v) is 6.47. The molecule has 3 fully saturated rings. The highest BCUT2D eigenvalue weighted by Gasteiger charge is 2.53. The molecule has 0 aliphatic carbocycles. The molecule has 0 bridgehead atoms. The van der Waals surface area contributed by atoms with Crippen molar-refractivity contribution in [3.05, 3.63) is 0 Å². The Morgan fingerprint density at radius 2 is 1.10 bits per heavy atom. The minimum Gasteiger partial charge on any atom is -0.394 e. The quantitative estimate of drug-likeness (QED) is 0.0494. The van der Waals surface area contributed by atoms with Gasteiger partial charge in [0.1, 0.15) is 73.2 Å². The maximum atomic E-state index is 12.4. The number of hydrogen-bond donors (Lipinski definition) is 12. The SMILES string of the molecule is CCCCCCCCC(O)C(COC1OC(CO)C(OC2OC(CO)C(OC3OC(CO)C(O)C(O)C3O)C(O)C2O)C(O)C1O)NC(=O)CCC. The summed E-state index contributed by atoms with van der Waals surface area (Å²) in [5, 5.41) is 118. The molecule has 19 heteroatoms. The monoisotopic (exact) mass is 759 g/mol. The number of carbonyl (C=O) groups is 1. The van der Waals surface area contributed by atoms with E-state index >= 15 is 0 Å². The molecular formula is C33H61NO18. The van der Waals surface area contributed by atoms with Crippen LogP contribution in [0, 0.1) is 0 Å². The number of aliphatic hydroxyl groups is 11. The second-order valence-corrected chi connectivity index (χ2v) is 13.7. The molecule has 1 amide bonds. The van der Waals surface area contributed by atoms with Crippen LogP contribution in [0.5, 0.6) is 0 Å². The standard InChI is InChI=1S/C33H61NO18/c1-3-5-6-7-8-9-11-17(38)16(34-21(39)10-4-2)15-47-31-27(45)24(42)29(19(13-36)49-31)52-33-28(46)25(43)30(20(14-37)50-33)51-32-26(44)23(41)22(40)18(12-35)48-32/h16-20,22-33,35-38,40-46H,3-15H2,1-2H3,(H,34,39). The van der Waals surface area contributed by atoms with Gasteiger partial charge in [-0.15, -0.1) is 0 Å². The molecule has 3 aliphatic rings. The lowest BCUT2D eigenvalue weighted by atomic mass is 9.96. The minimum atomic E-state index is -1.96. The highest BCUT2D eigenvalue weighted by Crippen LogP contribution is 2.32. The van der Waals surface area contributed by atoms with Gasteiger partial charge in [-0.2, -0.15) is 0 Å². The zero-order valence-electron chi connectivity index (χ0n) is 29.8. The Morgan fingerprint density at radius 3 is 1.63 bits per heavy atom. The van der Waals surface area contributed by atoms with Gasteiger partial charge in [-0.3, -0.25) is 4.79 Å². The summed E-state index contributed by atoms with van der Waals surface area (Å²) in [5.41, 5.74) is 0. The van der Waals surface area contributed by atoms with Crippen LogP contribution >= 0.6 is 0 Å². The van der Waals surface area contributed by atoms with E-state index in [0.29, 0.717) is 12.8 Å². The average molecular weight is 760 g/mol. The van der Waals surface area contributed by atoms with Gasteiger partial charge in [0.15, 0.2) is 18.9 Å². The molecule has 19 nitrogen and oxygen atoms in total. The molecular weight excluding hydrogens is 698 g/mol. The van der Waals surface area contributed by atoms with Crippen LogP contribution in [0.25, 0.3) is 0 Å². The van der Waals surface area contributed by atoms with E-state index in [1.807, 2.05) is 6.92 Å². The van der Waals surface area contributed by atoms with Crippen LogP contribution in [-0.2, 0) is 33.2 Å². The molecule has 3 saturated heterocycles. The van der Waals surface area contributed by atoms with Crippen LogP contribution in [0.2, 0.25) is 0 Å². The number of unbranched alkanes of at least 4 members (excludes halogenated alkanes) is 5. The van der Waals surface area contributed by atoms with Crippen LogP contribution in [-0.4, -0.2) is 193 Å². The third-order valence-corrected chi connectivity index (χ3v) is 9.65. The lowest BCUT2D eigenvalue weighted by molar-refractivity contribution is -0.379. The maximum absolute atomic E-state index is 12.4. The van der Waals surface area contributed by atoms with Crippen LogP contribution in [0.15, 0.2) is 0 Å². The Labute approximate surface area is 303 Å². The molecule has 306 valence electrons. The first-order valence-electron chi connectivity index (χ1n) is 18.3. The highest BCUT2D eigenvalue weighted by molar-refractivity contribution is 5.76. The van der Waals surface area contributed by atoms with Crippen molar-refractivity contribution in [1.29, 1.82) is 0 Å². The molecule has 17 unspecified atom stereocenters. The van der Waals surface area contributed by atoms with E-state index in [2.05, 4.69) is 12.2 Å². The van der Waals surface area contributed by atoms with Gasteiger partial charge in [0.25, 0.3) is 0 Å². The van der Waals surface area contributed by atoms with E-state index in [1.165, 1.54) is 0 Å². The summed E-state index contributed by atoms with van der Waals surface area (Å²) in [7, 11) is 0. The number of ether oxygens (including phenoxy) is 6. The van der Waals surface area contributed by atoms with E-state index in [1.54, 1.807) is 0 Å². The molecule has 0 aromatic rings. The molecule has 3 rings (SSSR count). The van der Waals surface area contributed by atoms with Crippen LogP contribution in [0.1, 0.15) is 71.6 Å². The molecule has 52 heavy (non-hydrogen) atoms. The Hall–Kier alpha value is -1.21. The van der Waals surface area contributed by atoms with Crippen molar-refractivity contribution in [2.75, 3.05) is 26.4 Å². The number of rotatable bonds is 21. The van der Waals surface area contributed by atoms with Crippen molar-refractivity contribution in [2.24, 2.45) is 0 Å². The summed E-state index contributed by atoms with van der Waals surface area (Å²) in [6, 6.07) is -0.870. The van der Waals surface area contributed by atoms with Gasteiger partial charge in [0.2, 0.25) is 5.91 Å². The molecule has 0 saturated carbocycles. The first-order chi connectivity index (χ1) is 24.8. The van der Waals surface area contributed by atoms with Crippen molar-refractivity contribution >= 4 is 5.91 Å². The molecule has 0 aromatic carbocycles. The van der Waals surface area contributed by atoms with E-state index in [4.69, 9.17) is 28.4 Å². The van der Waals surface area contributed by atoms with Crippen molar-refractivity contribution in [2.45, 2.75) is 176 Å². The molecule has 0 radical (unpaired) electrons. The number of carbonyl (C=O) groups excluding carboxylic acids is 1. The predicted octanol–water partition coefficient (Wildman–Crippen LogP) is -4.15. The fourth-order valence-electron chi connectivity index (χ4n) is 6.47. The molecule has 3 aliphatic heterocycles. The first-order valence-corrected chi connectivity index (χ1v) is 18.3. The second-order valence-electron chi connectivity index (χ2n) is 13.7. The zero-order valence-corrected chi connectivity index (χ0v) is 29.8. The highest BCUT2D eigenvalue weighted by atomic mass is 16.8. The van der Waals surface area contributed by atoms with E-state index in [-0.39, 0.29) is 18.9 Å². The Kier molecular flexibility index (Phi) is 19.4.